The molecule has 0 aliphatic rings. The van der Waals surface area contributed by atoms with Crippen molar-refractivity contribution in [1.29, 1.82) is 0 Å². The Hall–Kier alpha value is -2.45. The number of halogens is 1. The molecule has 0 fully saturated rings. The Labute approximate surface area is 181 Å². The van der Waals surface area contributed by atoms with Crippen LogP contribution in [-0.4, -0.2) is 29.6 Å². The van der Waals surface area contributed by atoms with Crippen LogP contribution in [0.3, 0.4) is 0 Å². The number of primary sulfonamides is 1. The molecule has 2 aromatic carbocycles. The minimum absolute atomic E-state index is 0.0291. The van der Waals surface area contributed by atoms with Crippen LogP contribution in [0.2, 0.25) is 5.02 Å². The number of ketones is 1. The van der Waals surface area contributed by atoms with E-state index in [1.54, 1.807) is 79.2 Å². The predicted octanol–water partition coefficient (Wildman–Crippen LogP) is 2.94. The molecule has 1 heterocycles. The summed E-state index contributed by atoms with van der Waals surface area (Å²) in [4.78, 5) is 13.0. The molecule has 1 aromatic heterocycles. The highest BCUT2D eigenvalue weighted by Crippen LogP contribution is 2.29. The Kier molecular flexibility index (Phi) is 6.19. The van der Waals surface area contributed by atoms with E-state index >= 15 is 0 Å². The van der Waals surface area contributed by atoms with Gasteiger partial charge in [0.2, 0.25) is 15.8 Å². The lowest BCUT2D eigenvalue weighted by Gasteiger charge is -2.28. The van der Waals surface area contributed by atoms with Crippen LogP contribution >= 0.6 is 11.6 Å². The van der Waals surface area contributed by atoms with Gasteiger partial charge in [0.1, 0.15) is 5.60 Å². The number of aliphatic hydroxyl groups is 1. The molecule has 3 N–H and O–H groups in total. The van der Waals surface area contributed by atoms with Gasteiger partial charge in [-0.1, -0.05) is 41.9 Å². The molecule has 1 unspecified atom stereocenters. The summed E-state index contributed by atoms with van der Waals surface area (Å²) in [6.07, 6.45) is -0.0291. The van der Waals surface area contributed by atoms with Crippen LogP contribution in [0.25, 0.3) is 0 Å². The van der Waals surface area contributed by atoms with E-state index in [-0.39, 0.29) is 12.2 Å². The van der Waals surface area contributed by atoms with Gasteiger partial charge in [-0.3, -0.25) is 4.79 Å². The number of aromatic nitrogens is 1. The third kappa shape index (κ3) is 4.82. The molecule has 30 heavy (non-hydrogen) atoms. The number of sulfonamides is 1. The molecule has 6 nitrogen and oxygen atoms in total. The van der Waals surface area contributed by atoms with E-state index in [1.807, 2.05) is 0 Å². The van der Waals surface area contributed by atoms with E-state index in [0.717, 1.165) is 5.56 Å². The summed E-state index contributed by atoms with van der Waals surface area (Å²) in [7, 11) is -2.25. The van der Waals surface area contributed by atoms with E-state index in [4.69, 9.17) is 16.7 Å². The topological polar surface area (TPSA) is 102 Å². The van der Waals surface area contributed by atoms with Crippen molar-refractivity contribution in [2.45, 2.75) is 18.9 Å². The number of hydrogen-bond acceptors (Lipinski definition) is 4. The van der Waals surface area contributed by atoms with Crippen LogP contribution < -0.4 is 5.14 Å². The van der Waals surface area contributed by atoms with Gasteiger partial charge < -0.3 is 9.67 Å². The SMILES string of the molecule is Cc1cc(CC(O)(CS(N)(=O)=O)c2ccccc2)n(C)c1C(=O)c1ccc(Cl)cc1. The second-order valence-corrected chi connectivity index (χ2v) is 9.49. The first-order chi connectivity index (χ1) is 14.0. The second-order valence-electron chi connectivity index (χ2n) is 7.44. The minimum atomic E-state index is -3.97. The number of aryl methyl sites for hydroxylation is 1. The summed E-state index contributed by atoms with van der Waals surface area (Å²) in [5, 5.41) is 17.1. The van der Waals surface area contributed by atoms with Gasteiger partial charge in [0, 0.05) is 29.7 Å². The zero-order valence-corrected chi connectivity index (χ0v) is 18.2. The van der Waals surface area contributed by atoms with Crippen LogP contribution in [-0.2, 0) is 29.1 Å². The molecule has 1 atom stereocenters. The third-order valence-electron chi connectivity index (χ3n) is 5.07. The summed E-state index contributed by atoms with van der Waals surface area (Å²) >= 11 is 5.91. The molecule has 0 saturated heterocycles. The van der Waals surface area contributed by atoms with Gasteiger partial charge >= 0.3 is 0 Å². The highest BCUT2D eigenvalue weighted by molar-refractivity contribution is 7.89. The first-order valence-electron chi connectivity index (χ1n) is 9.24. The van der Waals surface area contributed by atoms with Gasteiger partial charge in [0.25, 0.3) is 0 Å². The van der Waals surface area contributed by atoms with Gasteiger partial charge in [0.05, 0.1) is 11.4 Å². The Bertz CT molecular complexity index is 1170. The van der Waals surface area contributed by atoms with Crippen molar-refractivity contribution in [2.24, 2.45) is 12.2 Å². The maximum atomic E-state index is 13.0. The van der Waals surface area contributed by atoms with Crippen LogP contribution in [0.4, 0.5) is 0 Å². The summed E-state index contributed by atoms with van der Waals surface area (Å²) in [5.41, 5.74) is 0.965. The number of carbonyl (C=O) groups excluding carboxylic acids is 1. The lowest BCUT2D eigenvalue weighted by Crippen LogP contribution is -2.39. The Morgan fingerprint density at radius 2 is 1.73 bits per heavy atom. The van der Waals surface area contributed by atoms with Crippen LogP contribution in [0, 0.1) is 6.92 Å². The minimum Gasteiger partial charge on any atom is -0.384 e. The molecule has 8 heteroatoms. The molecule has 3 rings (SSSR count). The molecule has 158 valence electrons. The molecule has 0 bridgehead atoms. The quantitative estimate of drug-likeness (QED) is 0.544. The van der Waals surface area contributed by atoms with Crippen LogP contribution in [0.5, 0.6) is 0 Å². The maximum absolute atomic E-state index is 13.0. The highest BCUT2D eigenvalue weighted by Gasteiger charge is 2.35. The van der Waals surface area contributed by atoms with Crippen molar-refractivity contribution >= 4 is 27.4 Å². The number of nitrogens with zero attached hydrogens (tertiary/aromatic N) is 1. The van der Waals surface area contributed by atoms with Crippen molar-refractivity contribution in [2.75, 3.05) is 5.75 Å². The molecule has 3 aromatic rings. The van der Waals surface area contributed by atoms with E-state index < -0.39 is 21.4 Å². The number of nitrogens with two attached hydrogens (primary N) is 1. The average Bonchev–Trinajstić information content (AvgIpc) is 2.94. The molecule has 0 aliphatic heterocycles. The van der Waals surface area contributed by atoms with Gasteiger partial charge in [-0.15, -0.1) is 0 Å². The molecule has 0 saturated carbocycles. The molecule has 0 aliphatic carbocycles. The van der Waals surface area contributed by atoms with Crippen LogP contribution in [0.15, 0.2) is 60.7 Å². The second kappa shape index (κ2) is 8.35. The van der Waals surface area contributed by atoms with Crippen molar-refractivity contribution in [3.05, 3.63) is 93.8 Å². The first-order valence-corrected chi connectivity index (χ1v) is 11.3. The summed E-state index contributed by atoms with van der Waals surface area (Å²) in [6, 6.07) is 16.9. The highest BCUT2D eigenvalue weighted by atomic mass is 35.5. The number of carbonyl (C=O) groups is 1. The Balaban J connectivity index is 2.02. The van der Waals surface area contributed by atoms with E-state index in [2.05, 4.69) is 0 Å². The molecular formula is C22H23ClN2O4S. The van der Waals surface area contributed by atoms with Crippen molar-refractivity contribution in [3.8, 4) is 0 Å². The third-order valence-corrected chi connectivity index (χ3v) is 6.20. The molecule has 0 amide bonds. The standard InChI is InChI=1S/C22H23ClN2O4S/c1-15-12-19(25(2)20(15)21(26)16-8-10-18(23)11-9-16)13-22(27,14-30(24,28)29)17-6-4-3-5-7-17/h3-12,27H,13-14H2,1-2H3,(H2,24,28,29). The van der Waals surface area contributed by atoms with Crippen molar-refractivity contribution in [1.82, 2.24) is 4.57 Å². The van der Waals surface area contributed by atoms with E-state index in [1.165, 1.54) is 0 Å². The normalized spacial score (nSPS) is 13.8. The van der Waals surface area contributed by atoms with Gasteiger partial charge in [-0.25, -0.2) is 13.6 Å². The molecule has 0 spiro atoms. The molecular weight excluding hydrogens is 424 g/mol. The smallest absolute Gasteiger partial charge is 0.212 e. The lowest BCUT2D eigenvalue weighted by molar-refractivity contribution is 0.0592. The van der Waals surface area contributed by atoms with E-state index in [9.17, 15) is 18.3 Å². The van der Waals surface area contributed by atoms with Crippen molar-refractivity contribution in [3.63, 3.8) is 0 Å². The Morgan fingerprint density at radius 1 is 1.13 bits per heavy atom. The summed E-state index contributed by atoms with van der Waals surface area (Å²) in [5.74, 6) is -0.832. The zero-order chi connectivity index (χ0) is 22.1. The van der Waals surface area contributed by atoms with Crippen molar-refractivity contribution < 1.29 is 18.3 Å². The fourth-order valence-corrected chi connectivity index (χ4v) is 4.74. The molecule has 0 radical (unpaired) electrons. The van der Waals surface area contributed by atoms with Gasteiger partial charge in [-0.05, 0) is 48.4 Å². The number of hydrogen-bond donors (Lipinski definition) is 2. The Morgan fingerprint density at radius 3 is 2.30 bits per heavy atom. The van der Waals surface area contributed by atoms with E-state index in [0.29, 0.717) is 27.5 Å². The van der Waals surface area contributed by atoms with Gasteiger partial charge in [-0.2, -0.15) is 0 Å². The fraction of sp³-hybridized carbons (Fsp3) is 0.227. The monoisotopic (exact) mass is 446 g/mol. The predicted molar refractivity (Wildman–Crippen MR) is 117 cm³/mol. The fourth-order valence-electron chi connectivity index (χ4n) is 3.68. The number of rotatable bonds is 7. The zero-order valence-electron chi connectivity index (χ0n) is 16.7. The number of benzene rings is 2. The summed E-state index contributed by atoms with van der Waals surface area (Å²) in [6.45, 7) is 1.80. The summed E-state index contributed by atoms with van der Waals surface area (Å²) < 4.78 is 25.4. The maximum Gasteiger partial charge on any atom is 0.212 e. The largest absolute Gasteiger partial charge is 0.384 e. The first kappa shape index (κ1) is 22.2. The van der Waals surface area contributed by atoms with Crippen LogP contribution in [0.1, 0.15) is 32.9 Å². The van der Waals surface area contributed by atoms with Gasteiger partial charge in [0.15, 0.2) is 0 Å². The average molecular weight is 447 g/mol. The lowest BCUT2D eigenvalue weighted by atomic mass is 9.91.